The molecule has 0 aromatic carbocycles. The Labute approximate surface area is 459 Å². The van der Waals surface area contributed by atoms with Gasteiger partial charge in [-0.1, -0.05) is 59.3 Å². The average molecular weight is 1130 g/mol. The molecule has 0 spiro atoms. The van der Waals surface area contributed by atoms with Crippen molar-refractivity contribution in [1.29, 1.82) is 0 Å². The van der Waals surface area contributed by atoms with E-state index in [1.165, 1.54) is 6.92 Å². The van der Waals surface area contributed by atoms with Crippen LogP contribution in [-0.2, 0) is 52.3 Å². The molecule has 27 atom stereocenters. The molecule has 0 amide bonds. The molecule has 79 heavy (non-hydrogen) atoms. The molecule has 0 aromatic rings. The summed E-state index contributed by atoms with van der Waals surface area (Å²) in [6.07, 6.45) is -26.5. The zero-order chi connectivity index (χ0) is 58.4. The summed E-state index contributed by atoms with van der Waals surface area (Å²) < 4.78 is 48.2. The molecule has 4 saturated carbocycles. The maximum absolute atomic E-state index is 13.4. The van der Waals surface area contributed by atoms with E-state index in [1.807, 2.05) is 20.8 Å². The molecular weight excluding hydrogens is 1040 g/mol. The van der Waals surface area contributed by atoms with E-state index in [2.05, 4.69) is 26.8 Å². The second-order valence-electron chi connectivity index (χ2n) is 25.5. The number of hydrogen-bond donors (Lipinski definition) is 13. The highest BCUT2D eigenvalue weighted by Crippen LogP contribution is 2.76. The number of ether oxygens (including phenoxy) is 8. The van der Waals surface area contributed by atoms with Gasteiger partial charge < -0.3 is 104 Å². The molecule has 450 valence electrons. The van der Waals surface area contributed by atoms with Crippen molar-refractivity contribution in [3.63, 3.8) is 0 Å². The molecule has 3 aliphatic heterocycles. The smallest absolute Gasteiger partial charge is 0.335 e. The van der Waals surface area contributed by atoms with Crippen LogP contribution in [0.4, 0.5) is 0 Å². The normalized spacial score (nSPS) is 50.6. The van der Waals surface area contributed by atoms with Crippen molar-refractivity contribution in [2.45, 2.75) is 224 Å². The van der Waals surface area contributed by atoms with Gasteiger partial charge in [0.2, 0.25) is 0 Å². The molecule has 0 radical (unpaired) electrons. The van der Waals surface area contributed by atoms with Crippen molar-refractivity contribution in [2.24, 2.45) is 50.2 Å². The Morgan fingerprint density at radius 3 is 1.76 bits per heavy atom. The van der Waals surface area contributed by atoms with E-state index < -0.39 is 199 Å². The number of aliphatic carboxylic acids is 1. The van der Waals surface area contributed by atoms with Gasteiger partial charge in [-0.25, -0.2) is 9.59 Å². The lowest BCUT2D eigenvalue weighted by molar-refractivity contribution is -0.392. The van der Waals surface area contributed by atoms with Gasteiger partial charge in [0, 0.05) is 23.3 Å². The number of carbonyl (C=O) groups excluding carboxylic acids is 2. The summed E-state index contributed by atoms with van der Waals surface area (Å²) in [5.41, 5.74) is -3.78. The highest BCUT2D eigenvalue weighted by Gasteiger charge is 2.74. The first-order valence-corrected chi connectivity index (χ1v) is 27.7. The monoisotopic (exact) mass is 1130 g/mol. The predicted octanol–water partition coefficient (Wildman–Crippen LogP) is -1.32. The van der Waals surface area contributed by atoms with Crippen molar-refractivity contribution in [2.75, 3.05) is 26.4 Å². The first kappa shape index (κ1) is 62.2. The summed E-state index contributed by atoms with van der Waals surface area (Å²) in [4.78, 5) is 39.5. The molecule has 5 aliphatic carbocycles. The van der Waals surface area contributed by atoms with Crippen LogP contribution < -0.4 is 0 Å². The first-order valence-electron chi connectivity index (χ1n) is 27.7. The zero-order valence-corrected chi connectivity index (χ0v) is 46.4. The molecular formula is C55H86O24. The Hall–Kier alpha value is -2.83. The van der Waals surface area contributed by atoms with Gasteiger partial charge in [-0.15, -0.1) is 0 Å². The van der Waals surface area contributed by atoms with Crippen LogP contribution in [0.2, 0.25) is 0 Å². The van der Waals surface area contributed by atoms with Crippen LogP contribution in [0.25, 0.3) is 0 Å². The molecule has 7 fully saturated rings. The number of fused-ring (bicyclic) bond motifs is 7. The Morgan fingerprint density at radius 1 is 0.658 bits per heavy atom. The van der Waals surface area contributed by atoms with Gasteiger partial charge in [-0.3, -0.25) is 4.79 Å². The van der Waals surface area contributed by atoms with Gasteiger partial charge in [0.15, 0.2) is 25.0 Å². The summed E-state index contributed by atoms with van der Waals surface area (Å²) >= 11 is 0. The van der Waals surface area contributed by atoms with Crippen molar-refractivity contribution in [1.82, 2.24) is 0 Å². The Kier molecular flexibility index (Phi) is 17.8. The van der Waals surface area contributed by atoms with E-state index in [0.717, 1.165) is 5.57 Å². The second kappa shape index (κ2) is 22.6. The lowest BCUT2D eigenvalue weighted by Gasteiger charge is -2.72. The number of carboxylic acid groups (broad SMARTS) is 1. The largest absolute Gasteiger partial charge is 0.479 e. The third kappa shape index (κ3) is 9.94. The van der Waals surface area contributed by atoms with Crippen molar-refractivity contribution in [3.8, 4) is 0 Å². The third-order valence-electron chi connectivity index (χ3n) is 21.1. The van der Waals surface area contributed by atoms with Crippen molar-refractivity contribution in [3.05, 3.63) is 23.3 Å². The minimum atomic E-state index is -2.18. The number of esters is 2. The number of aliphatic hydroxyl groups is 12. The van der Waals surface area contributed by atoms with E-state index in [0.29, 0.717) is 37.7 Å². The number of rotatable bonds is 14. The molecule has 1 unspecified atom stereocenters. The standard InChI is InChI=1S/C55H86O24/c1-10-23(2)46(71)79-43-44(72-24(3)60)55(22-59)26(17-50(43,4)5)25-11-12-30-51(6)15-14-32(52(7,21-58)29(51)13-16-53(30,8)54(25,9)18-31(55)61)75-49-41(77-48-38(67)36(65)34(63)28(20-57)74-48)39(68)40(42(78-49)45(69)70)76-47-37(66)35(64)33(62)27(19-56)73-47/h10-11,26-44,47-49,56-59,61-68H,12-22H2,1-9H3,(H,69,70)/t26-,27+,28-,29+,30+,31+,32-,33-,34-,35-,36-,37+,38+,39+,40+,41+,42?,43-,44-,47-,48-,49-,51-,52-,53+,54+,55-/m0/s1. The average Bonchev–Trinajstić information content (AvgIpc) is 3.29. The zero-order valence-electron chi connectivity index (χ0n) is 46.4. The first-order chi connectivity index (χ1) is 36.9. The molecule has 0 aromatic heterocycles. The SMILES string of the molecule is CC=C(C)C(=O)O[C@H]1[C@H](OC(C)=O)[C@]2(CO)[C@H](O)C[C@]3(C)C(=CC[C@@H]4[C@@]5(C)CC[C@H](O[C@H]6OC(C(=O)O)[C@H](O[C@@H]7O[C@H](CO)[C@H](O)[C@H](O)[C@H]7O)[C@@H](O)[C@H]6O[C@@H]6O[C@@H](CO)[C@H](O)[C@H](O)[C@H]6O)[C@@](C)(CO)[C@@H]5CC[C@]43C)[C@@H]2CC1(C)C. The number of hydrogen-bond acceptors (Lipinski definition) is 23. The highest BCUT2D eigenvalue weighted by molar-refractivity contribution is 5.87. The molecule has 24 nitrogen and oxygen atoms in total. The molecule has 3 saturated heterocycles. The predicted molar refractivity (Wildman–Crippen MR) is 269 cm³/mol. The Morgan fingerprint density at radius 2 is 1.24 bits per heavy atom. The summed E-state index contributed by atoms with van der Waals surface area (Å²) in [5, 5.41) is 143. The van der Waals surface area contributed by atoms with Crippen LogP contribution in [0.15, 0.2) is 23.3 Å². The molecule has 8 aliphatic rings. The minimum absolute atomic E-state index is 0.0849. The van der Waals surface area contributed by atoms with E-state index in [-0.39, 0.29) is 24.7 Å². The molecule has 3 heterocycles. The van der Waals surface area contributed by atoms with Crippen LogP contribution in [0.3, 0.4) is 0 Å². The van der Waals surface area contributed by atoms with Crippen molar-refractivity contribution < 1.29 is 119 Å². The number of carboxylic acids is 1. The van der Waals surface area contributed by atoms with Gasteiger partial charge in [0.05, 0.1) is 44.1 Å². The fourth-order valence-corrected chi connectivity index (χ4v) is 16.2. The minimum Gasteiger partial charge on any atom is -0.479 e. The van der Waals surface area contributed by atoms with Crippen molar-refractivity contribution >= 4 is 17.9 Å². The molecule has 0 bridgehead atoms. The lowest BCUT2D eigenvalue weighted by atomic mass is 9.33. The van der Waals surface area contributed by atoms with Gasteiger partial charge in [0.1, 0.15) is 79.4 Å². The maximum atomic E-state index is 13.4. The van der Waals surface area contributed by atoms with Gasteiger partial charge in [-0.2, -0.15) is 0 Å². The topological polar surface area (TPSA) is 388 Å². The molecule has 13 N–H and O–H groups in total. The third-order valence-corrected chi connectivity index (χ3v) is 21.1. The number of aliphatic hydroxyl groups excluding tert-OH is 12. The lowest BCUT2D eigenvalue weighted by Crippen LogP contribution is -2.72. The summed E-state index contributed by atoms with van der Waals surface area (Å²) in [6, 6.07) is 0. The summed E-state index contributed by atoms with van der Waals surface area (Å²) in [7, 11) is 0. The van der Waals surface area contributed by atoms with E-state index in [9.17, 15) is 80.8 Å². The quantitative estimate of drug-likeness (QED) is 0.0415. The highest BCUT2D eigenvalue weighted by atomic mass is 16.8. The van der Waals surface area contributed by atoms with Gasteiger partial charge >= 0.3 is 17.9 Å². The number of carbonyl (C=O) groups is 3. The van der Waals surface area contributed by atoms with Gasteiger partial charge in [-0.05, 0) is 92.8 Å². The van der Waals surface area contributed by atoms with E-state index in [1.54, 1.807) is 19.9 Å². The second-order valence-corrected chi connectivity index (χ2v) is 25.5. The Bertz CT molecular complexity index is 2290. The van der Waals surface area contributed by atoms with Crippen LogP contribution >= 0.6 is 0 Å². The fraction of sp³-hybridized carbons (Fsp3) is 0.873. The van der Waals surface area contributed by atoms with E-state index >= 15 is 0 Å². The fourth-order valence-electron chi connectivity index (χ4n) is 16.2. The molecule has 24 heteroatoms. The summed E-state index contributed by atoms with van der Waals surface area (Å²) in [6.45, 7) is 14.1. The summed E-state index contributed by atoms with van der Waals surface area (Å²) in [5.74, 6) is -3.88. The van der Waals surface area contributed by atoms with Crippen LogP contribution in [0.5, 0.6) is 0 Å². The van der Waals surface area contributed by atoms with Crippen LogP contribution in [0.1, 0.15) is 107 Å². The van der Waals surface area contributed by atoms with Gasteiger partial charge in [0.25, 0.3) is 0 Å². The van der Waals surface area contributed by atoms with E-state index in [4.69, 9.17) is 37.9 Å². The Balaban J connectivity index is 1.12. The molecule has 8 rings (SSSR count). The van der Waals surface area contributed by atoms with Crippen LogP contribution in [0, 0.1) is 50.2 Å². The van der Waals surface area contributed by atoms with Crippen LogP contribution in [-0.4, -0.2) is 227 Å². The maximum Gasteiger partial charge on any atom is 0.335 e. The number of allylic oxidation sites excluding steroid dienone is 3.